The highest BCUT2D eigenvalue weighted by Crippen LogP contribution is 2.48. The molecule has 5 nitrogen and oxygen atoms in total. The first-order valence-corrected chi connectivity index (χ1v) is 10.6. The Balaban J connectivity index is 1.77. The Hall–Kier alpha value is -2.82. The van der Waals surface area contributed by atoms with E-state index < -0.39 is 17.7 Å². The second kappa shape index (κ2) is 9.79. The fourth-order valence-corrected chi connectivity index (χ4v) is 4.57. The second-order valence-corrected chi connectivity index (χ2v) is 7.86. The maximum Gasteiger partial charge on any atom is 0.305 e. The van der Waals surface area contributed by atoms with Gasteiger partial charge >= 0.3 is 11.9 Å². The van der Waals surface area contributed by atoms with E-state index in [2.05, 4.69) is 12.1 Å². The lowest BCUT2D eigenvalue weighted by molar-refractivity contribution is -0.259. The van der Waals surface area contributed by atoms with Crippen molar-refractivity contribution in [1.82, 2.24) is 0 Å². The first-order valence-electron chi connectivity index (χ1n) is 10.6. The van der Waals surface area contributed by atoms with Gasteiger partial charge in [-0.15, -0.1) is 0 Å². The number of hydrogen-bond acceptors (Lipinski definition) is 5. The van der Waals surface area contributed by atoms with Crippen LogP contribution in [0, 0.1) is 5.92 Å². The molecule has 0 radical (unpaired) electrons. The van der Waals surface area contributed by atoms with Crippen molar-refractivity contribution < 1.29 is 23.8 Å². The average molecular weight is 411 g/mol. The van der Waals surface area contributed by atoms with E-state index in [1.54, 1.807) is 0 Å². The standard InChI is InChI=1S/C25H30O5/c1-4-24-23(11-8-16-25(24,29-18(2)26)30-19(3)27)21-12-14-22(15-13-21)28-17-20-9-6-5-7-10-20/h5-7,9-10,12-15,23-24H,4,8,11,16-17H2,1-3H3. The van der Waals surface area contributed by atoms with Gasteiger partial charge in [0, 0.05) is 26.2 Å². The zero-order valence-electron chi connectivity index (χ0n) is 17.9. The molecule has 5 heteroatoms. The molecule has 2 atom stereocenters. The van der Waals surface area contributed by atoms with E-state index in [9.17, 15) is 9.59 Å². The Morgan fingerprint density at radius 2 is 1.60 bits per heavy atom. The van der Waals surface area contributed by atoms with Crippen LogP contribution in [0.3, 0.4) is 0 Å². The first kappa shape index (κ1) is 21.9. The second-order valence-electron chi connectivity index (χ2n) is 7.86. The highest BCUT2D eigenvalue weighted by molar-refractivity contribution is 5.69. The fraction of sp³-hybridized carbons (Fsp3) is 0.440. The fourth-order valence-electron chi connectivity index (χ4n) is 4.57. The molecule has 0 bridgehead atoms. The molecular formula is C25H30O5. The summed E-state index contributed by atoms with van der Waals surface area (Å²) in [5.74, 6) is -1.23. The topological polar surface area (TPSA) is 61.8 Å². The van der Waals surface area contributed by atoms with Crippen LogP contribution in [0.4, 0.5) is 0 Å². The van der Waals surface area contributed by atoms with Crippen molar-refractivity contribution in [1.29, 1.82) is 0 Å². The third kappa shape index (κ3) is 5.21. The minimum Gasteiger partial charge on any atom is -0.489 e. The zero-order valence-corrected chi connectivity index (χ0v) is 17.9. The van der Waals surface area contributed by atoms with Gasteiger partial charge in [0.15, 0.2) is 0 Å². The molecule has 1 aliphatic carbocycles. The van der Waals surface area contributed by atoms with Gasteiger partial charge in [-0.2, -0.15) is 0 Å². The molecule has 2 aromatic rings. The smallest absolute Gasteiger partial charge is 0.305 e. The molecule has 2 aromatic carbocycles. The van der Waals surface area contributed by atoms with Crippen LogP contribution in [0.5, 0.6) is 5.75 Å². The molecule has 0 spiro atoms. The zero-order chi connectivity index (χ0) is 21.6. The number of benzene rings is 2. The Bertz CT molecular complexity index is 828. The quantitative estimate of drug-likeness (QED) is 0.453. The van der Waals surface area contributed by atoms with Crippen LogP contribution in [0.2, 0.25) is 0 Å². The Kier molecular flexibility index (Phi) is 7.14. The third-order valence-electron chi connectivity index (χ3n) is 5.72. The lowest BCUT2D eigenvalue weighted by Gasteiger charge is -2.45. The average Bonchev–Trinajstić information content (AvgIpc) is 2.72. The predicted octanol–water partition coefficient (Wildman–Crippen LogP) is 5.38. The van der Waals surface area contributed by atoms with Gasteiger partial charge in [0.25, 0.3) is 5.79 Å². The highest BCUT2D eigenvalue weighted by Gasteiger charge is 2.50. The van der Waals surface area contributed by atoms with Crippen molar-refractivity contribution in [3.05, 3.63) is 65.7 Å². The molecule has 0 N–H and O–H groups in total. The van der Waals surface area contributed by atoms with E-state index >= 15 is 0 Å². The minimum absolute atomic E-state index is 0.102. The molecule has 3 rings (SSSR count). The summed E-state index contributed by atoms with van der Waals surface area (Å²) in [6.45, 7) is 5.28. The molecule has 0 aromatic heterocycles. The van der Waals surface area contributed by atoms with E-state index in [1.807, 2.05) is 49.4 Å². The minimum atomic E-state index is -1.20. The normalized spacial score (nSPS) is 20.2. The predicted molar refractivity (Wildman–Crippen MR) is 114 cm³/mol. The molecule has 1 saturated carbocycles. The van der Waals surface area contributed by atoms with Crippen LogP contribution in [-0.2, 0) is 25.7 Å². The van der Waals surface area contributed by atoms with E-state index in [0.29, 0.717) is 13.0 Å². The van der Waals surface area contributed by atoms with Crippen molar-refractivity contribution in [2.45, 2.75) is 64.8 Å². The van der Waals surface area contributed by atoms with Gasteiger partial charge in [-0.3, -0.25) is 9.59 Å². The third-order valence-corrected chi connectivity index (χ3v) is 5.72. The van der Waals surface area contributed by atoms with Gasteiger partial charge in [0.1, 0.15) is 12.4 Å². The van der Waals surface area contributed by atoms with Crippen molar-refractivity contribution in [3.8, 4) is 5.75 Å². The summed E-state index contributed by atoms with van der Waals surface area (Å²) in [7, 11) is 0. The highest BCUT2D eigenvalue weighted by atomic mass is 16.7. The Morgan fingerprint density at radius 1 is 0.967 bits per heavy atom. The Morgan fingerprint density at radius 3 is 2.17 bits per heavy atom. The summed E-state index contributed by atoms with van der Waals surface area (Å²) in [6, 6.07) is 18.1. The SMILES string of the molecule is CCC1C(c2ccc(OCc3ccccc3)cc2)CCCC1(OC(C)=O)OC(C)=O. The lowest BCUT2D eigenvalue weighted by Crippen LogP contribution is -2.50. The van der Waals surface area contributed by atoms with E-state index in [-0.39, 0.29) is 11.8 Å². The molecule has 2 unspecified atom stereocenters. The van der Waals surface area contributed by atoms with E-state index in [4.69, 9.17) is 14.2 Å². The van der Waals surface area contributed by atoms with Gasteiger partial charge in [-0.05, 0) is 48.4 Å². The molecule has 0 saturated heterocycles. The van der Waals surface area contributed by atoms with Crippen molar-refractivity contribution in [2.75, 3.05) is 0 Å². The van der Waals surface area contributed by atoms with Gasteiger partial charge in [-0.1, -0.05) is 49.4 Å². The molecule has 1 fully saturated rings. The van der Waals surface area contributed by atoms with Gasteiger partial charge in [0.05, 0.1) is 0 Å². The summed E-state index contributed by atoms with van der Waals surface area (Å²) in [5.41, 5.74) is 2.25. The maximum absolute atomic E-state index is 11.8. The van der Waals surface area contributed by atoms with Gasteiger partial charge in [-0.25, -0.2) is 0 Å². The van der Waals surface area contributed by atoms with Crippen LogP contribution in [0.25, 0.3) is 0 Å². The first-order chi connectivity index (χ1) is 14.4. The molecule has 0 aliphatic heterocycles. The number of carbonyl (C=O) groups is 2. The number of ether oxygens (including phenoxy) is 3. The largest absolute Gasteiger partial charge is 0.489 e. The Labute approximate surface area is 178 Å². The number of hydrogen-bond donors (Lipinski definition) is 0. The van der Waals surface area contributed by atoms with Crippen molar-refractivity contribution in [2.24, 2.45) is 5.92 Å². The molecule has 30 heavy (non-hydrogen) atoms. The number of rotatable bonds is 7. The monoisotopic (exact) mass is 410 g/mol. The summed E-state index contributed by atoms with van der Waals surface area (Å²) < 4.78 is 17.2. The van der Waals surface area contributed by atoms with Crippen LogP contribution in [0.15, 0.2) is 54.6 Å². The summed E-state index contributed by atoms with van der Waals surface area (Å²) in [4.78, 5) is 23.6. The van der Waals surface area contributed by atoms with Gasteiger partial charge < -0.3 is 14.2 Å². The summed E-state index contributed by atoms with van der Waals surface area (Å²) in [6.07, 6.45) is 3.03. The summed E-state index contributed by atoms with van der Waals surface area (Å²) in [5, 5.41) is 0. The van der Waals surface area contributed by atoms with Gasteiger partial charge in [0.2, 0.25) is 0 Å². The van der Waals surface area contributed by atoms with Crippen LogP contribution in [-0.4, -0.2) is 17.7 Å². The van der Waals surface area contributed by atoms with Crippen LogP contribution in [0.1, 0.15) is 63.5 Å². The maximum atomic E-state index is 11.8. The van der Waals surface area contributed by atoms with E-state index in [1.165, 1.54) is 13.8 Å². The molecule has 1 aliphatic rings. The summed E-state index contributed by atoms with van der Waals surface area (Å²) >= 11 is 0. The molecular weight excluding hydrogens is 380 g/mol. The van der Waals surface area contributed by atoms with Crippen LogP contribution < -0.4 is 4.74 Å². The number of esters is 2. The van der Waals surface area contributed by atoms with Crippen LogP contribution >= 0.6 is 0 Å². The van der Waals surface area contributed by atoms with Crippen molar-refractivity contribution >= 4 is 11.9 Å². The molecule has 0 heterocycles. The molecule has 0 amide bonds. The molecule has 160 valence electrons. The van der Waals surface area contributed by atoms with Crippen molar-refractivity contribution in [3.63, 3.8) is 0 Å². The lowest BCUT2D eigenvalue weighted by atomic mass is 9.70. The number of carbonyl (C=O) groups excluding carboxylic acids is 2. The van der Waals surface area contributed by atoms with E-state index in [0.717, 1.165) is 36.1 Å².